The van der Waals surface area contributed by atoms with Crippen molar-refractivity contribution < 1.29 is 9.32 Å². The zero-order valence-electron chi connectivity index (χ0n) is 18.8. The van der Waals surface area contributed by atoms with Crippen molar-refractivity contribution in [3.05, 3.63) is 46.7 Å². The molecule has 0 radical (unpaired) electrons. The Labute approximate surface area is 204 Å². The van der Waals surface area contributed by atoms with Crippen molar-refractivity contribution in [3.8, 4) is 17.2 Å². The fraction of sp³-hybridized carbons (Fsp3) is 0.478. The van der Waals surface area contributed by atoms with Gasteiger partial charge in [0.25, 0.3) is 5.91 Å². The van der Waals surface area contributed by atoms with Gasteiger partial charge in [-0.05, 0) is 50.9 Å². The topological polar surface area (TPSA) is 80.3 Å². The summed E-state index contributed by atoms with van der Waals surface area (Å²) in [5.41, 5.74) is 2.84. The Kier molecular flexibility index (Phi) is 7.07. The summed E-state index contributed by atoms with van der Waals surface area (Å²) in [5, 5.41) is 4.71. The average Bonchev–Trinajstić information content (AvgIpc) is 3.51. The third-order valence-electron chi connectivity index (χ3n) is 6.22. The summed E-state index contributed by atoms with van der Waals surface area (Å²) in [7, 11) is 0. The van der Waals surface area contributed by atoms with Crippen molar-refractivity contribution >= 4 is 29.9 Å². The molecule has 3 aromatic rings. The molecule has 2 aliphatic rings. The minimum absolute atomic E-state index is 0. The molecule has 1 saturated heterocycles. The van der Waals surface area contributed by atoms with E-state index in [1.807, 2.05) is 21.6 Å². The van der Waals surface area contributed by atoms with Crippen LogP contribution in [0.25, 0.3) is 17.2 Å². The van der Waals surface area contributed by atoms with E-state index < -0.39 is 0 Å². The van der Waals surface area contributed by atoms with Gasteiger partial charge in [-0.25, -0.2) is 4.98 Å². The molecule has 5 rings (SSSR count). The Morgan fingerprint density at radius 2 is 2.03 bits per heavy atom. The zero-order chi connectivity index (χ0) is 22.2. The summed E-state index contributed by atoms with van der Waals surface area (Å²) < 4.78 is 7.57. The maximum atomic E-state index is 13.4. The van der Waals surface area contributed by atoms with Crippen molar-refractivity contribution in [2.75, 3.05) is 19.6 Å². The highest BCUT2D eigenvalue weighted by molar-refractivity contribution is 6.34. The minimum atomic E-state index is -0.0953. The van der Waals surface area contributed by atoms with E-state index in [0.29, 0.717) is 41.1 Å². The smallest absolute Gasteiger partial charge is 0.258 e. The monoisotopic (exact) mass is 490 g/mol. The predicted molar refractivity (Wildman–Crippen MR) is 128 cm³/mol. The highest BCUT2D eigenvalue weighted by Gasteiger charge is 2.40. The average molecular weight is 491 g/mol. The van der Waals surface area contributed by atoms with Gasteiger partial charge in [0, 0.05) is 6.54 Å². The second-order valence-electron chi connectivity index (χ2n) is 8.43. The lowest BCUT2D eigenvalue weighted by Gasteiger charge is -2.22. The van der Waals surface area contributed by atoms with Gasteiger partial charge in [0.1, 0.15) is 12.0 Å². The number of benzene rings is 1. The second-order valence-corrected chi connectivity index (χ2v) is 8.83. The first kappa shape index (κ1) is 23.7. The molecule has 10 heteroatoms. The van der Waals surface area contributed by atoms with E-state index in [0.717, 1.165) is 50.2 Å². The number of carbonyl (C=O) groups is 1. The first-order valence-corrected chi connectivity index (χ1v) is 11.7. The van der Waals surface area contributed by atoms with Crippen LogP contribution in [0.4, 0.5) is 0 Å². The van der Waals surface area contributed by atoms with E-state index >= 15 is 0 Å². The molecule has 1 atom stereocenters. The molecule has 2 aromatic heterocycles. The first-order chi connectivity index (χ1) is 15.6. The Hall–Kier alpha value is -2.42. The summed E-state index contributed by atoms with van der Waals surface area (Å²) in [5.74, 6) is 1.01. The van der Waals surface area contributed by atoms with E-state index in [-0.39, 0.29) is 24.4 Å². The number of hydrogen-bond acceptors (Lipinski definition) is 6. The predicted octanol–water partition coefficient (Wildman–Crippen LogP) is 4.91. The third kappa shape index (κ3) is 4.16. The Morgan fingerprint density at radius 1 is 1.24 bits per heavy atom. The summed E-state index contributed by atoms with van der Waals surface area (Å²) in [6.45, 7) is 7.63. The lowest BCUT2D eigenvalue weighted by Crippen LogP contribution is -2.30. The number of rotatable bonds is 7. The molecule has 0 unspecified atom stereocenters. The number of imidazole rings is 1. The fourth-order valence-electron chi connectivity index (χ4n) is 4.91. The zero-order valence-corrected chi connectivity index (χ0v) is 20.4. The number of hydrogen-bond donors (Lipinski definition) is 0. The van der Waals surface area contributed by atoms with Crippen molar-refractivity contribution in [2.45, 2.75) is 52.1 Å². The van der Waals surface area contributed by atoms with Crippen molar-refractivity contribution in [3.63, 3.8) is 0 Å². The number of carbonyl (C=O) groups excluding carboxylic acids is 1. The molecular formula is C23H28Cl2N6O2. The molecule has 0 saturated carbocycles. The molecule has 1 amide bonds. The highest BCUT2D eigenvalue weighted by atomic mass is 35.5. The summed E-state index contributed by atoms with van der Waals surface area (Å²) >= 11 is 6.47. The van der Waals surface area contributed by atoms with Crippen LogP contribution in [0.1, 0.15) is 67.5 Å². The molecule has 0 bridgehead atoms. The normalized spacial score (nSPS) is 16.9. The summed E-state index contributed by atoms with van der Waals surface area (Å²) in [6.07, 6.45) is 5.68. The first-order valence-electron chi connectivity index (χ1n) is 11.3. The quantitative estimate of drug-likeness (QED) is 0.467. The van der Waals surface area contributed by atoms with Crippen LogP contribution in [0.3, 0.4) is 0 Å². The number of halogens is 2. The molecule has 4 heterocycles. The van der Waals surface area contributed by atoms with Gasteiger partial charge in [-0.15, -0.1) is 12.4 Å². The molecule has 176 valence electrons. The van der Waals surface area contributed by atoms with E-state index in [4.69, 9.17) is 16.1 Å². The molecule has 8 nitrogen and oxygen atoms in total. The van der Waals surface area contributed by atoms with E-state index in [1.54, 1.807) is 12.4 Å². The number of aromatic nitrogens is 4. The Balaban J connectivity index is 0.00000259. The Morgan fingerprint density at radius 3 is 2.79 bits per heavy atom. The van der Waals surface area contributed by atoms with Gasteiger partial charge in [0.2, 0.25) is 11.7 Å². The van der Waals surface area contributed by atoms with Crippen molar-refractivity contribution in [1.82, 2.24) is 29.5 Å². The van der Waals surface area contributed by atoms with Gasteiger partial charge < -0.3 is 9.42 Å². The van der Waals surface area contributed by atoms with Crippen molar-refractivity contribution in [2.24, 2.45) is 0 Å². The van der Waals surface area contributed by atoms with E-state index in [9.17, 15) is 4.79 Å². The van der Waals surface area contributed by atoms with Crippen LogP contribution in [0.2, 0.25) is 5.02 Å². The van der Waals surface area contributed by atoms with Gasteiger partial charge in [0.05, 0.1) is 34.6 Å². The van der Waals surface area contributed by atoms with Crippen LogP contribution in [0, 0.1) is 0 Å². The van der Waals surface area contributed by atoms with Gasteiger partial charge in [-0.2, -0.15) is 4.98 Å². The van der Waals surface area contributed by atoms with Gasteiger partial charge in [0.15, 0.2) is 0 Å². The number of fused-ring (bicyclic) bond motifs is 5. The van der Waals surface area contributed by atoms with Crippen LogP contribution >= 0.6 is 24.0 Å². The largest absolute Gasteiger partial charge is 0.337 e. The second kappa shape index (κ2) is 9.83. The fourth-order valence-corrected chi connectivity index (χ4v) is 5.16. The maximum Gasteiger partial charge on any atom is 0.258 e. The lowest BCUT2D eigenvalue weighted by atomic mass is 10.1. The number of nitrogens with zero attached hydrogens (tertiary/aromatic N) is 6. The maximum absolute atomic E-state index is 13.4. The van der Waals surface area contributed by atoms with E-state index in [2.05, 4.69) is 33.9 Å². The van der Waals surface area contributed by atoms with Crippen LogP contribution in [0.5, 0.6) is 0 Å². The molecular weight excluding hydrogens is 463 g/mol. The highest BCUT2D eigenvalue weighted by Crippen LogP contribution is 2.43. The lowest BCUT2D eigenvalue weighted by molar-refractivity contribution is 0.0739. The number of amides is 1. The van der Waals surface area contributed by atoms with Gasteiger partial charge >= 0.3 is 0 Å². The standard InChI is InChI=1S/C23H27ClN6O2.ClH/c1-3-10-28(11-4-2)13-18-26-22(27-32-18)20-21-17-9-6-12-29(17)23(31)19-15(24)7-5-8-16(19)30(21)14-25-20;/h5,7-8,14,17H,3-4,6,9-13H2,1-2H3;1H/t17-;/m0./s1. The van der Waals surface area contributed by atoms with Gasteiger partial charge in [-0.1, -0.05) is 36.7 Å². The van der Waals surface area contributed by atoms with Crippen LogP contribution < -0.4 is 0 Å². The van der Waals surface area contributed by atoms with Crippen molar-refractivity contribution in [1.29, 1.82) is 0 Å². The van der Waals surface area contributed by atoms with Gasteiger partial charge in [-0.3, -0.25) is 14.3 Å². The van der Waals surface area contributed by atoms with Crippen LogP contribution in [-0.2, 0) is 6.54 Å². The molecule has 2 aliphatic heterocycles. The molecule has 33 heavy (non-hydrogen) atoms. The minimum Gasteiger partial charge on any atom is -0.337 e. The molecule has 0 spiro atoms. The molecule has 1 aromatic carbocycles. The molecule has 0 N–H and O–H groups in total. The Bertz CT molecular complexity index is 1140. The molecule has 1 fully saturated rings. The van der Waals surface area contributed by atoms with Crippen LogP contribution in [0.15, 0.2) is 29.0 Å². The third-order valence-corrected chi connectivity index (χ3v) is 6.53. The van der Waals surface area contributed by atoms with E-state index in [1.165, 1.54) is 0 Å². The molecule has 0 aliphatic carbocycles. The summed E-state index contributed by atoms with van der Waals surface area (Å²) in [4.78, 5) is 26.9. The van der Waals surface area contributed by atoms with Crippen LogP contribution in [-0.4, -0.2) is 55.0 Å². The SMILES string of the molecule is CCCN(CCC)Cc1nc(-c2ncn3c2[C@@H]2CCCN2C(=O)c2c(Cl)cccc2-3)no1.Cl. The summed E-state index contributed by atoms with van der Waals surface area (Å²) in [6, 6.07) is 5.43.